The van der Waals surface area contributed by atoms with Crippen LogP contribution in [0.5, 0.6) is 0 Å². The molecule has 0 aromatic carbocycles. The number of nitrogens with one attached hydrogen (secondary N) is 1. The molecule has 2 aromatic heterocycles. The molecule has 0 unspecified atom stereocenters. The van der Waals surface area contributed by atoms with E-state index in [1.165, 1.54) is 12.8 Å². The highest BCUT2D eigenvalue weighted by atomic mass is 15.2. The van der Waals surface area contributed by atoms with Crippen molar-refractivity contribution in [2.24, 2.45) is 0 Å². The van der Waals surface area contributed by atoms with Gasteiger partial charge in [0.05, 0.1) is 11.7 Å². The second kappa shape index (κ2) is 6.58. The molecular formula is C15H20N6. The Balaban J connectivity index is 1.75. The molecule has 0 aliphatic carbocycles. The third-order valence-electron chi connectivity index (χ3n) is 3.87. The molecule has 6 nitrogen and oxygen atoms in total. The number of hydrogen-bond donors (Lipinski definition) is 1. The molecule has 0 radical (unpaired) electrons. The molecular weight excluding hydrogens is 264 g/mol. The maximum Gasteiger partial charge on any atom is 0.222 e. The molecule has 110 valence electrons. The summed E-state index contributed by atoms with van der Waals surface area (Å²) in [4.78, 5) is 19.5. The smallest absolute Gasteiger partial charge is 0.222 e. The zero-order valence-corrected chi connectivity index (χ0v) is 12.2. The lowest BCUT2D eigenvalue weighted by Crippen LogP contribution is -2.33. The van der Waals surface area contributed by atoms with E-state index in [0.717, 1.165) is 30.8 Å². The molecule has 2 aromatic rings. The summed E-state index contributed by atoms with van der Waals surface area (Å²) in [6.45, 7) is 1.95. The van der Waals surface area contributed by atoms with Crippen LogP contribution in [-0.4, -0.2) is 38.4 Å². The van der Waals surface area contributed by atoms with Crippen molar-refractivity contribution in [3.8, 4) is 0 Å². The lowest BCUT2D eigenvalue weighted by atomic mass is 9.98. The van der Waals surface area contributed by atoms with Crippen LogP contribution < -0.4 is 5.32 Å². The Bertz CT molecular complexity index is 556. The van der Waals surface area contributed by atoms with Gasteiger partial charge in [0.25, 0.3) is 0 Å². The van der Waals surface area contributed by atoms with Gasteiger partial charge in [0.15, 0.2) is 0 Å². The fraction of sp³-hybridized carbons (Fsp3) is 0.467. The van der Waals surface area contributed by atoms with Gasteiger partial charge >= 0.3 is 0 Å². The molecule has 0 spiro atoms. The van der Waals surface area contributed by atoms with Crippen molar-refractivity contribution in [3.63, 3.8) is 0 Å². The van der Waals surface area contributed by atoms with Gasteiger partial charge in [-0.05, 0) is 25.5 Å². The number of hydrogen-bond acceptors (Lipinski definition) is 6. The number of rotatable bonds is 4. The molecule has 1 saturated heterocycles. The van der Waals surface area contributed by atoms with E-state index in [-0.39, 0.29) is 0 Å². The number of anilines is 1. The summed E-state index contributed by atoms with van der Waals surface area (Å²) in [7, 11) is 1.82. The van der Waals surface area contributed by atoms with Crippen LogP contribution >= 0.6 is 0 Å². The van der Waals surface area contributed by atoms with Gasteiger partial charge in [-0.2, -0.15) is 0 Å². The van der Waals surface area contributed by atoms with E-state index in [9.17, 15) is 0 Å². The van der Waals surface area contributed by atoms with Crippen LogP contribution in [0, 0.1) is 0 Å². The van der Waals surface area contributed by atoms with Crippen molar-refractivity contribution in [2.75, 3.05) is 18.9 Å². The number of aromatic nitrogens is 4. The van der Waals surface area contributed by atoms with E-state index >= 15 is 0 Å². The monoisotopic (exact) mass is 284 g/mol. The van der Waals surface area contributed by atoms with E-state index in [1.807, 2.05) is 31.7 Å². The first-order valence-electron chi connectivity index (χ1n) is 7.35. The summed E-state index contributed by atoms with van der Waals surface area (Å²) in [6, 6.07) is 2.38. The van der Waals surface area contributed by atoms with Crippen LogP contribution in [0.3, 0.4) is 0 Å². The minimum absolute atomic E-state index is 0.366. The van der Waals surface area contributed by atoms with Gasteiger partial charge in [0.2, 0.25) is 5.95 Å². The summed E-state index contributed by atoms with van der Waals surface area (Å²) < 4.78 is 0. The second-order valence-electron chi connectivity index (χ2n) is 5.28. The van der Waals surface area contributed by atoms with Crippen molar-refractivity contribution in [3.05, 3.63) is 42.2 Å². The third kappa shape index (κ3) is 3.33. The number of likely N-dealkylation sites (tertiary alicyclic amines) is 1. The average molecular weight is 284 g/mol. The van der Waals surface area contributed by atoms with Crippen LogP contribution in [0.2, 0.25) is 0 Å². The average Bonchev–Trinajstić information content (AvgIpc) is 2.57. The minimum atomic E-state index is 0.366. The van der Waals surface area contributed by atoms with Crippen LogP contribution in [0.25, 0.3) is 0 Å². The molecule has 1 aliphatic heterocycles. The Kier molecular flexibility index (Phi) is 4.35. The standard InChI is InChI=1S/C15H20N6/c1-16-15-18-8-12(9-19-15)10-21-7-3-2-4-14(21)13-5-6-17-11-20-13/h5-6,8-9,11,14H,2-4,7,10H2,1H3,(H,16,18,19)/t14-/m1/s1. The Labute approximate surface area is 124 Å². The fourth-order valence-corrected chi connectivity index (χ4v) is 2.81. The largest absolute Gasteiger partial charge is 0.357 e. The van der Waals surface area contributed by atoms with Crippen molar-refractivity contribution >= 4 is 5.95 Å². The van der Waals surface area contributed by atoms with Gasteiger partial charge in [-0.1, -0.05) is 6.42 Å². The molecule has 1 N–H and O–H groups in total. The molecule has 0 bridgehead atoms. The van der Waals surface area contributed by atoms with Crippen LogP contribution in [0.1, 0.15) is 36.6 Å². The maximum absolute atomic E-state index is 4.43. The fourth-order valence-electron chi connectivity index (χ4n) is 2.81. The van der Waals surface area contributed by atoms with Crippen LogP contribution in [-0.2, 0) is 6.54 Å². The first-order valence-corrected chi connectivity index (χ1v) is 7.35. The molecule has 1 atom stereocenters. The van der Waals surface area contributed by atoms with E-state index in [0.29, 0.717) is 12.0 Å². The number of nitrogens with zero attached hydrogens (tertiary/aromatic N) is 5. The predicted octanol–water partition coefficient (Wildman–Crippen LogP) is 2.04. The zero-order valence-electron chi connectivity index (χ0n) is 12.2. The van der Waals surface area contributed by atoms with Gasteiger partial charge < -0.3 is 5.32 Å². The Hall–Kier alpha value is -2.08. The van der Waals surface area contributed by atoms with Crippen molar-refractivity contribution in [1.29, 1.82) is 0 Å². The van der Waals surface area contributed by atoms with E-state index < -0.39 is 0 Å². The maximum atomic E-state index is 4.43. The van der Waals surface area contributed by atoms with Crippen LogP contribution in [0.15, 0.2) is 31.0 Å². The second-order valence-corrected chi connectivity index (χ2v) is 5.28. The summed E-state index contributed by atoms with van der Waals surface area (Å²) in [5.74, 6) is 0.657. The summed E-state index contributed by atoms with van der Waals surface area (Å²) in [5.41, 5.74) is 2.24. The van der Waals surface area contributed by atoms with E-state index in [4.69, 9.17) is 0 Å². The molecule has 1 aliphatic rings. The summed E-state index contributed by atoms with van der Waals surface area (Å²) >= 11 is 0. The van der Waals surface area contributed by atoms with Crippen LogP contribution in [0.4, 0.5) is 5.95 Å². The molecule has 0 amide bonds. The number of piperidine rings is 1. The Morgan fingerprint density at radius 3 is 2.81 bits per heavy atom. The van der Waals surface area contributed by atoms with Gasteiger partial charge in [-0.15, -0.1) is 0 Å². The van der Waals surface area contributed by atoms with Gasteiger partial charge in [0.1, 0.15) is 6.33 Å². The molecule has 1 fully saturated rings. The highest BCUT2D eigenvalue weighted by Gasteiger charge is 2.25. The Morgan fingerprint density at radius 2 is 2.10 bits per heavy atom. The van der Waals surface area contributed by atoms with Crippen molar-refractivity contribution in [2.45, 2.75) is 31.8 Å². The van der Waals surface area contributed by atoms with Crippen molar-refractivity contribution in [1.82, 2.24) is 24.8 Å². The topological polar surface area (TPSA) is 66.8 Å². The molecule has 3 heterocycles. The molecule has 6 heteroatoms. The predicted molar refractivity (Wildman–Crippen MR) is 80.6 cm³/mol. The zero-order chi connectivity index (χ0) is 14.5. The lowest BCUT2D eigenvalue weighted by Gasteiger charge is -2.35. The van der Waals surface area contributed by atoms with Gasteiger partial charge in [-0.25, -0.2) is 19.9 Å². The van der Waals surface area contributed by atoms with E-state index in [2.05, 4.69) is 30.2 Å². The first kappa shape index (κ1) is 13.9. The van der Waals surface area contributed by atoms with Crippen molar-refractivity contribution < 1.29 is 0 Å². The summed E-state index contributed by atoms with van der Waals surface area (Å²) in [6.07, 6.45) is 10.9. The third-order valence-corrected chi connectivity index (χ3v) is 3.87. The first-order chi connectivity index (χ1) is 10.4. The molecule has 0 saturated carbocycles. The SMILES string of the molecule is CNc1ncc(CN2CCCC[C@@H]2c2ccncn2)cn1. The lowest BCUT2D eigenvalue weighted by molar-refractivity contribution is 0.137. The minimum Gasteiger partial charge on any atom is -0.357 e. The highest BCUT2D eigenvalue weighted by Crippen LogP contribution is 2.30. The normalized spacial score (nSPS) is 19.4. The van der Waals surface area contributed by atoms with E-state index in [1.54, 1.807) is 6.33 Å². The van der Waals surface area contributed by atoms with Gasteiger partial charge in [0, 0.05) is 37.7 Å². The summed E-state index contributed by atoms with van der Waals surface area (Å²) in [5, 5.41) is 2.94. The molecule has 3 rings (SSSR count). The van der Waals surface area contributed by atoms with Gasteiger partial charge in [-0.3, -0.25) is 4.90 Å². The Morgan fingerprint density at radius 1 is 1.24 bits per heavy atom. The quantitative estimate of drug-likeness (QED) is 0.926. The highest BCUT2D eigenvalue weighted by molar-refractivity contribution is 5.23. The molecule has 21 heavy (non-hydrogen) atoms.